The molecule has 1 heterocycles. The van der Waals surface area contributed by atoms with E-state index < -0.39 is 5.41 Å². The number of aryl methyl sites for hydroxylation is 1. The maximum atomic E-state index is 11.7. The fraction of sp³-hybridized carbons (Fsp3) is 0.0667. The lowest BCUT2D eigenvalue weighted by molar-refractivity contribution is -0.384. The number of non-ortho nitro benzene ring substituents is 1. The summed E-state index contributed by atoms with van der Waals surface area (Å²) in [6.45, 7) is 0. The number of hydrogen-bond donors (Lipinski definition) is 0. The molecule has 1 aliphatic carbocycles. The van der Waals surface area contributed by atoms with Gasteiger partial charge < -0.3 is 4.57 Å². The molecule has 1 aromatic heterocycles. The Kier molecular flexibility index (Phi) is 4.49. The predicted octanol–water partition coefficient (Wildman–Crippen LogP) is 6.87. The summed E-state index contributed by atoms with van der Waals surface area (Å²) in [7, 11) is 2.06. The van der Waals surface area contributed by atoms with E-state index in [4.69, 9.17) is 0 Å². The molecule has 5 aromatic rings. The highest BCUT2D eigenvalue weighted by Crippen LogP contribution is 2.54. The van der Waals surface area contributed by atoms with Gasteiger partial charge in [0.25, 0.3) is 5.69 Å². The Morgan fingerprint density at radius 1 is 0.765 bits per heavy atom. The van der Waals surface area contributed by atoms with E-state index in [0.717, 1.165) is 44.4 Å². The lowest BCUT2D eigenvalue weighted by Crippen LogP contribution is -2.28. The zero-order valence-corrected chi connectivity index (χ0v) is 18.7. The van der Waals surface area contributed by atoms with E-state index in [0.29, 0.717) is 0 Å². The molecular weight excluding hydrogens is 420 g/mol. The van der Waals surface area contributed by atoms with Gasteiger partial charge in [0.2, 0.25) is 0 Å². The highest BCUT2D eigenvalue weighted by atomic mass is 16.6. The Morgan fingerprint density at radius 3 is 1.88 bits per heavy atom. The van der Waals surface area contributed by atoms with Crippen molar-refractivity contribution in [1.82, 2.24) is 4.57 Å². The molecule has 0 radical (unpaired) electrons. The molecule has 0 N–H and O–H groups in total. The number of rotatable bonds is 4. The molecule has 0 saturated carbocycles. The van der Waals surface area contributed by atoms with Gasteiger partial charge in [-0.15, -0.1) is 0 Å². The quantitative estimate of drug-likeness (QED) is 0.225. The molecule has 0 atom stereocenters. The fourth-order valence-electron chi connectivity index (χ4n) is 5.49. The van der Waals surface area contributed by atoms with E-state index in [-0.39, 0.29) is 10.6 Å². The zero-order valence-electron chi connectivity index (χ0n) is 18.7. The van der Waals surface area contributed by atoms with Crippen LogP contribution < -0.4 is 0 Å². The van der Waals surface area contributed by atoms with E-state index in [2.05, 4.69) is 78.4 Å². The second kappa shape index (κ2) is 7.56. The van der Waals surface area contributed by atoms with Crippen molar-refractivity contribution >= 4 is 22.2 Å². The number of hydrogen-bond acceptors (Lipinski definition) is 2. The van der Waals surface area contributed by atoms with Crippen LogP contribution in [0.2, 0.25) is 0 Å². The van der Waals surface area contributed by atoms with Gasteiger partial charge in [-0.2, -0.15) is 0 Å². The van der Waals surface area contributed by atoms with Crippen LogP contribution in [0.4, 0.5) is 5.69 Å². The third-order valence-electron chi connectivity index (χ3n) is 6.94. The summed E-state index contributed by atoms with van der Waals surface area (Å²) in [5.74, 6) is 0. The van der Waals surface area contributed by atoms with Gasteiger partial charge in [-0.25, -0.2) is 0 Å². The molecule has 34 heavy (non-hydrogen) atoms. The predicted molar refractivity (Wildman–Crippen MR) is 136 cm³/mol. The van der Waals surface area contributed by atoms with Crippen LogP contribution in [-0.4, -0.2) is 9.49 Å². The van der Waals surface area contributed by atoms with E-state index in [1.54, 1.807) is 12.1 Å². The van der Waals surface area contributed by atoms with E-state index in [9.17, 15) is 10.1 Å². The maximum Gasteiger partial charge on any atom is 0.270 e. The van der Waals surface area contributed by atoms with Gasteiger partial charge in [-0.1, -0.05) is 97.1 Å². The molecule has 4 heteroatoms. The Labute approximate surface area is 197 Å². The first-order chi connectivity index (χ1) is 16.6. The molecule has 0 aliphatic heterocycles. The first-order valence-electron chi connectivity index (χ1n) is 11.3. The van der Waals surface area contributed by atoms with E-state index in [1.165, 1.54) is 0 Å². The highest BCUT2D eigenvalue weighted by Gasteiger charge is 2.45. The van der Waals surface area contributed by atoms with Crippen molar-refractivity contribution in [2.75, 3.05) is 0 Å². The van der Waals surface area contributed by atoms with Gasteiger partial charge in [-0.3, -0.25) is 10.1 Å². The third-order valence-corrected chi connectivity index (χ3v) is 6.94. The number of allylic oxidation sites excluding steroid dienone is 1. The van der Waals surface area contributed by atoms with Crippen LogP contribution in [0.25, 0.3) is 16.5 Å². The van der Waals surface area contributed by atoms with Gasteiger partial charge in [0, 0.05) is 41.3 Å². The lowest BCUT2D eigenvalue weighted by Gasteiger charge is -2.31. The standard InChI is InChI=1S/C30H22N2O2/c1-31-27-18-17-24(32(33)34)19-25(27)28-26(21-11-5-2-6-12-21)20-30(29(28)31,22-13-7-3-8-14-22)23-15-9-4-10-16-23/h2-20H,1H3. The van der Waals surface area contributed by atoms with Gasteiger partial charge in [0.1, 0.15) is 0 Å². The number of benzene rings is 4. The lowest BCUT2D eigenvalue weighted by atomic mass is 9.73. The summed E-state index contributed by atoms with van der Waals surface area (Å²) in [6.07, 6.45) is 2.34. The van der Waals surface area contributed by atoms with Gasteiger partial charge in [0.05, 0.1) is 10.3 Å². The topological polar surface area (TPSA) is 48.1 Å². The van der Waals surface area contributed by atoms with E-state index in [1.807, 2.05) is 36.4 Å². The first-order valence-corrected chi connectivity index (χ1v) is 11.3. The summed E-state index contributed by atoms with van der Waals surface area (Å²) < 4.78 is 2.21. The van der Waals surface area contributed by atoms with Gasteiger partial charge >= 0.3 is 0 Å². The smallest absolute Gasteiger partial charge is 0.270 e. The molecule has 0 saturated heterocycles. The van der Waals surface area contributed by atoms with Crippen LogP contribution in [0.5, 0.6) is 0 Å². The number of fused-ring (bicyclic) bond motifs is 3. The monoisotopic (exact) mass is 442 g/mol. The molecule has 6 rings (SSSR count). The first kappa shape index (κ1) is 20.2. The Hall–Kier alpha value is -4.44. The fourth-order valence-corrected chi connectivity index (χ4v) is 5.49. The molecule has 0 spiro atoms. The average Bonchev–Trinajstić information content (AvgIpc) is 3.40. The molecule has 4 nitrogen and oxygen atoms in total. The summed E-state index contributed by atoms with van der Waals surface area (Å²) in [6, 6.07) is 36.5. The summed E-state index contributed by atoms with van der Waals surface area (Å²) in [4.78, 5) is 11.3. The molecular formula is C30H22N2O2. The average molecular weight is 443 g/mol. The van der Waals surface area contributed by atoms with Crippen molar-refractivity contribution in [3.63, 3.8) is 0 Å². The van der Waals surface area contributed by atoms with Gasteiger partial charge in [-0.05, 0) is 28.3 Å². The minimum absolute atomic E-state index is 0.102. The Morgan fingerprint density at radius 2 is 1.32 bits per heavy atom. The summed E-state index contributed by atoms with van der Waals surface area (Å²) in [5.41, 5.74) is 7.23. The highest BCUT2D eigenvalue weighted by molar-refractivity contribution is 6.04. The second-order valence-electron chi connectivity index (χ2n) is 8.71. The molecule has 164 valence electrons. The van der Waals surface area contributed by atoms with Crippen molar-refractivity contribution in [3.8, 4) is 0 Å². The largest absolute Gasteiger partial charge is 0.346 e. The number of nitro benzene ring substituents is 1. The van der Waals surface area contributed by atoms with Gasteiger partial charge in [0.15, 0.2) is 0 Å². The normalized spacial score (nSPS) is 14.1. The van der Waals surface area contributed by atoms with Crippen molar-refractivity contribution in [2.45, 2.75) is 5.41 Å². The minimum Gasteiger partial charge on any atom is -0.346 e. The molecule has 4 aromatic carbocycles. The van der Waals surface area contributed by atoms with Crippen LogP contribution in [0, 0.1) is 10.1 Å². The van der Waals surface area contributed by atoms with E-state index >= 15 is 0 Å². The van der Waals surface area contributed by atoms with Crippen LogP contribution in [0.15, 0.2) is 115 Å². The minimum atomic E-state index is -0.536. The summed E-state index contributed by atoms with van der Waals surface area (Å²) in [5, 5.41) is 12.6. The van der Waals surface area contributed by atoms with Crippen molar-refractivity contribution < 1.29 is 4.92 Å². The zero-order chi connectivity index (χ0) is 23.3. The van der Waals surface area contributed by atoms with Crippen LogP contribution in [0.1, 0.15) is 27.9 Å². The number of nitrogens with zero attached hydrogens (tertiary/aromatic N) is 2. The Bertz CT molecular complexity index is 1530. The number of nitro groups is 1. The molecule has 0 fully saturated rings. The Balaban J connectivity index is 1.80. The van der Waals surface area contributed by atoms with Crippen molar-refractivity contribution in [3.05, 3.63) is 153 Å². The second-order valence-corrected chi connectivity index (χ2v) is 8.71. The summed E-state index contributed by atoms with van der Waals surface area (Å²) >= 11 is 0. The molecule has 0 unspecified atom stereocenters. The van der Waals surface area contributed by atoms with Crippen LogP contribution >= 0.6 is 0 Å². The molecule has 0 bridgehead atoms. The third kappa shape index (κ3) is 2.78. The maximum absolute atomic E-state index is 11.7. The van der Waals surface area contributed by atoms with Crippen LogP contribution in [0.3, 0.4) is 0 Å². The molecule has 1 aliphatic rings. The van der Waals surface area contributed by atoms with Crippen molar-refractivity contribution in [1.29, 1.82) is 0 Å². The van der Waals surface area contributed by atoms with Crippen molar-refractivity contribution in [2.24, 2.45) is 7.05 Å². The number of aromatic nitrogens is 1. The molecule has 0 amide bonds. The SMILES string of the molecule is Cn1c2c(c3cc([N+](=O)[O-])ccc31)C(c1ccccc1)=CC2(c1ccccc1)c1ccccc1. The van der Waals surface area contributed by atoms with Crippen LogP contribution in [-0.2, 0) is 12.5 Å².